The second-order valence-corrected chi connectivity index (χ2v) is 6.95. The fourth-order valence-electron chi connectivity index (χ4n) is 1.75. The molecule has 1 aliphatic rings. The van der Waals surface area contributed by atoms with E-state index in [0.29, 0.717) is 9.23 Å². The van der Waals surface area contributed by atoms with Crippen LogP contribution in [-0.2, 0) is 4.79 Å². The van der Waals surface area contributed by atoms with Crippen molar-refractivity contribution in [1.29, 1.82) is 0 Å². The summed E-state index contributed by atoms with van der Waals surface area (Å²) in [7, 11) is 0. The lowest BCUT2D eigenvalue weighted by Gasteiger charge is -2.21. The number of thiocarbonyl (C=S) groups is 1. The maximum absolute atomic E-state index is 12.3. The van der Waals surface area contributed by atoms with Crippen LogP contribution in [0.3, 0.4) is 0 Å². The van der Waals surface area contributed by atoms with Gasteiger partial charge >= 0.3 is 0 Å². The molecular weight excluding hydrogens is 342 g/mol. The first-order chi connectivity index (χ1) is 9.02. The van der Waals surface area contributed by atoms with Gasteiger partial charge in [-0.25, -0.2) is 0 Å². The lowest BCUT2D eigenvalue weighted by atomic mass is 10.2. The van der Waals surface area contributed by atoms with E-state index < -0.39 is 0 Å². The molecule has 0 spiro atoms. The first-order valence-corrected chi connectivity index (χ1v) is 8.07. The molecule has 2 nitrogen and oxygen atoms in total. The Labute approximate surface area is 131 Å². The molecule has 1 aromatic carbocycles. The number of benzene rings is 1. The van der Waals surface area contributed by atoms with E-state index >= 15 is 0 Å². The molecule has 0 aromatic heterocycles. The minimum Gasteiger partial charge on any atom is -0.290 e. The van der Waals surface area contributed by atoms with Crippen LogP contribution in [0.2, 0.25) is 0 Å². The minimum atomic E-state index is 0.0206. The molecular formula is C14H14BrNOS2. The van der Waals surface area contributed by atoms with Crippen LogP contribution in [0.25, 0.3) is 6.08 Å². The van der Waals surface area contributed by atoms with Gasteiger partial charge in [0.25, 0.3) is 5.91 Å². The van der Waals surface area contributed by atoms with Gasteiger partial charge in [0, 0.05) is 10.5 Å². The zero-order valence-electron chi connectivity index (χ0n) is 10.7. The van der Waals surface area contributed by atoms with Crippen LogP contribution in [0.1, 0.15) is 25.8 Å². The van der Waals surface area contributed by atoms with Crippen molar-refractivity contribution in [3.8, 4) is 0 Å². The van der Waals surface area contributed by atoms with Crippen molar-refractivity contribution in [2.75, 3.05) is 0 Å². The van der Waals surface area contributed by atoms with E-state index in [-0.39, 0.29) is 11.9 Å². The summed E-state index contributed by atoms with van der Waals surface area (Å²) in [6.07, 6.45) is 2.80. The smallest absolute Gasteiger partial charge is 0.266 e. The van der Waals surface area contributed by atoms with E-state index in [1.54, 1.807) is 4.90 Å². The topological polar surface area (TPSA) is 20.3 Å². The molecule has 1 heterocycles. The van der Waals surface area contributed by atoms with Gasteiger partial charge in [-0.05, 0) is 37.1 Å². The van der Waals surface area contributed by atoms with Gasteiger partial charge in [-0.1, -0.05) is 59.0 Å². The van der Waals surface area contributed by atoms with Gasteiger partial charge in [-0.2, -0.15) is 0 Å². The molecule has 1 aliphatic heterocycles. The third-order valence-electron chi connectivity index (χ3n) is 3.02. The van der Waals surface area contributed by atoms with Crippen molar-refractivity contribution in [3.05, 3.63) is 39.2 Å². The van der Waals surface area contributed by atoms with Crippen LogP contribution in [0.15, 0.2) is 33.6 Å². The molecule has 1 saturated heterocycles. The van der Waals surface area contributed by atoms with Crippen LogP contribution in [0.5, 0.6) is 0 Å². The van der Waals surface area contributed by atoms with Crippen LogP contribution in [-0.4, -0.2) is 21.2 Å². The van der Waals surface area contributed by atoms with Crippen LogP contribution < -0.4 is 0 Å². The van der Waals surface area contributed by atoms with Gasteiger partial charge in [0.05, 0.1) is 4.91 Å². The van der Waals surface area contributed by atoms with Gasteiger partial charge in [0.1, 0.15) is 4.32 Å². The van der Waals surface area contributed by atoms with E-state index in [0.717, 1.165) is 16.5 Å². The number of carbonyl (C=O) groups excluding carboxylic acids is 1. The Kier molecular flexibility index (Phi) is 4.81. The Hall–Kier alpha value is -0.650. The van der Waals surface area contributed by atoms with Crippen LogP contribution in [0.4, 0.5) is 0 Å². The van der Waals surface area contributed by atoms with Crippen molar-refractivity contribution >= 4 is 56.2 Å². The van der Waals surface area contributed by atoms with E-state index in [4.69, 9.17) is 12.2 Å². The predicted molar refractivity (Wildman–Crippen MR) is 88.9 cm³/mol. The zero-order valence-corrected chi connectivity index (χ0v) is 13.9. The second-order valence-electron chi connectivity index (χ2n) is 4.36. The van der Waals surface area contributed by atoms with Crippen molar-refractivity contribution in [2.45, 2.75) is 26.3 Å². The Morgan fingerprint density at radius 2 is 2.05 bits per heavy atom. The van der Waals surface area contributed by atoms with Gasteiger partial charge < -0.3 is 0 Å². The molecule has 5 heteroatoms. The maximum atomic E-state index is 12.3. The predicted octanol–water partition coefficient (Wildman–Crippen LogP) is 4.45. The van der Waals surface area contributed by atoms with Crippen LogP contribution in [0, 0.1) is 0 Å². The third kappa shape index (κ3) is 3.27. The molecule has 1 unspecified atom stereocenters. The van der Waals surface area contributed by atoms with E-state index in [1.807, 2.05) is 37.3 Å². The summed E-state index contributed by atoms with van der Waals surface area (Å²) < 4.78 is 1.68. The molecule has 19 heavy (non-hydrogen) atoms. The number of hydrogen-bond acceptors (Lipinski definition) is 3. The van der Waals surface area contributed by atoms with Crippen molar-refractivity contribution in [2.24, 2.45) is 0 Å². The largest absolute Gasteiger partial charge is 0.290 e. The lowest BCUT2D eigenvalue weighted by molar-refractivity contribution is -0.123. The first kappa shape index (κ1) is 14.8. The summed E-state index contributed by atoms with van der Waals surface area (Å²) in [4.78, 5) is 14.7. The summed E-state index contributed by atoms with van der Waals surface area (Å²) >= 11 is 10.1. The molecule has 2 rings (SSSR count). The lowest BCUT2D eigenvalue weighted by Crippen LogP contribution is -2.36. The quantitative estimate of drug-likeness (QED) is 0.590. The van der Waals surface area contributed by atoms with Crippen molar-refractivity contribution in [3.63, 3.8) is 0 Å². The number of thioether (sulfide) groups is 1. The second kappa shape index (κ2) is 6.20. The monoisotopic (exact) mass is 355 g/mol. The van der Waals surface area contributed by atoms with E-state index in [9.17, 15) is 4.79 Å². The normalized spacial score (nSPS) is 19.3. The zero-order chi connectivity index (χ0) is 14.0. The van der Waals surface area contributed by atoms with E-state index in [2.05, 4.69) is 22.9 Å². The highest BCUT2D eigenvalue weighted by Gasteiger charge is 2.34. The average molecular weight is 356 g/mol. The number of hydrogen-bond donors (Lipinski definition) is 0. The molecule has 0 saturated carbocycles. The first-order valence-electron chi connectivity index (χ1n) is 6.05. The summed E-state index contributed by atoms with van der Waals surface area (Å²) in [5.41, 5.74) is 1.01. The van der Waals surface area contributed by atoms with Crippen molar-refractivity contribution < 1.29 is 4.79 Å². The van der Waals surface area contributed by atoms with E-state index in [1.165, 1.54) is 11.8 Å². The molecule has 0 bridgehead atoms. The van der Waals surface area contributed by atoms with Gasteiger partial charge in [-0.15, -0.1) is 0 Å². The highest BCUT2D eigenvalue weighted by molar-refractivity contribution is 9.10. The summed E-state index contributed by atoms with van der Waals surface area (Å²) in [5.74, 6) is 0.0206. The molecule has 0 radical (unpaired) electrons. The number of nitrogens with zero attached hydrogens (tertiary/aromatic N) is 1. The Bertz CT molecular complexity index is 539. The number of amides is 1. The average Bonchev–Trinajstić information content (AvgIpc) is 2.66. The molecule has 0 aliphatic carbocycles. The summed E-state index contributed by atoms with van der Waals surface area (Å²) in [6.45, 7) is 4.08. The SMILES string of the molecule is CCC(C)N1C(=O)/C(=C/c2ccc(Br)cc2)SC1=S. The minimum absolute atomic E-state index is 0.0206. The number of carbonyl (C=O) groups is 1. The Morgan fingerprint density at radius 1 is 1.42 bits per heavy atom. The molecule has 100 valence electrons. The number of halogens is 1. The van der Waals surface area contributed by atoms with Gasteiger partial charge in [0.15, 0.2) is 0 Å². The van der Waals surface area contributed by atoms with Crippen LogP contribution >= 0.6 is 39.9 Å². The molecule has 1 aromatic rings. The summed E-state index contributed by atoms with van der Waals surface area (Å²) in [6, 6.07) is 8.02. The van der Waals surface area contributed by atoms with Gasteiger partial charge in [0.2, 0.25) is 0 Å². The van der Waals surface area contributed by atoms with Gasteiger partial charge in [-0.3, -0.25) is 9.69 Å². The maximum Gasteiger partial charge on any atom is 0.266 e. The summed E-state index contributed by atoms with van der Waals surface area (Å²) in [5, 5.41) is 0. The highest BCUT2D eigenvalue weighted by Crippen LogP contribution is 2.34. The Morgan fingerprint density at radius 3 is 2.63 bits per heavy atom. The molecule has 1 amide bonds. The Balaban J connectivity index is 2.25. The fraction of sp³-hybridized carbons (Fsp3) is 0.286. The number of rotatable bonds is 3. The third-order valence-corrected chi connectivity index (χ3v) is 4.88. The standard InChI is InChI=1S/C14H14BrNOS2/c1-3-9(2)16-13(17)12(19-14(16)18)8-10-4-6-11(15)7-5-10/h4-9H,3H2,1-2H3/b12-8-. The molecule has 1 fully saturated rings. The molecule has 0 N–H and O–H groups in total. The van der Waals surface area contributed by atoms with Crippen molar-refractivity contribution in [1.82, 2.24) is 4.90 Å². The fourth-order valence-corrected chi connectivity index (χ4v) is 3.48. The highest BCUT2D eigenvalue weighted by atomic mass is 79.9. The molecule has 1 atom stereocenters.